The summed E-state index contributed by atoms with van der Waals surface area (Å²) >= 11 is 2.81. The molecule has 0 aliphatic carbocycles. The fourth-order valence-electron chi connectivity index (χ4n) is 4.28. The van der Waals surface area contributed by atoms with Crippen molar-refractivity contribution in [2.24, 2.45) is 0 Å². The molecule has 1 atom stereocenters. The summed E-state index contributed by atoms with van der Waals surface area (Å²) in [7, 11) is 0. The highest BCUT2D eigenvalue weighted by Gasteiger charge is 2.45. The summed E-state index contributed by atoms with van der Waals surface area (Å²) in [4.78, 5) is 28.6. The maximum Gasteiger partial charge on any atom is 0.297 e. The Balaban J connectivity index is 1.42. The average Bonchev–Trinajstić information content (AvgIpc) is 3.47. The minimum Gasteiger partial charge on any atom is -0.450 e. The Morgan fingerprint density at radius 2 is 1.81 bits per heavy atom. The van der Waals surface area contributed by atoms with Gasteiger partial charge in [0.05, 0.1) is 17.0 Å². The highest BCUT2D eigenvalue weighted by atomic mass is 32.2. The van der Waals surface area contributed by atoms with Crippen LogP contribution in [0.4, 0.5) is 9.52 Å². The first-order valence-electron chi connectivity index (χ1n) is 11.2. The molecule has 2 aromatic heterocycles. The summed E-state index contributed by atoms with van der Waals surface area (Å²) in [6, 6.07) is 20.4. The summed E-state index contributed by atoms with van der Waals surface area (Å²) in [5.74, 6) is -0.376. The lowest BCUT2D eigenvalue weighted by Crippen LogP contribution is -2.29. The molecule has 0 unspecified atom stereocenters. The molecule has 0 fully saturated rings. The summed E-state index contributed by atoms with van der Waals surface area (Å²) in [6.07, 6.45) is 0. The lowest BCUT2D eigenvalue weighted by Gasteiger charge is -2.21. The van der Waals surface area contributed by atoms with E-state index in [0.29, 0.717) is 15.2 Å². The molecule has 1 amide bonds. The molecule has 0 N–H and O–H groups in total. The van der Waals surface area contributed by atoms with Crippen molar-refractivity contribution in [3.63, 3.8) is 0 Å². The number of hydrogen-bond acceptors (Lipinski definition) is 7. The zero-order chi connectivity index (χ0) is 24.8. The molecule has 9 heteroatoms. The molecule has 5 aromatic rings. The first-order valence-corrected chi connectivity index (χ1v) is 13.0. The van der Waals surface area contributed by atoms with Crippen molar-refractivity contribution in [3.05, 3.63) is 117 Å². The predicted octanol–water partition coefficient (Wildman–Crippen LogP) is 6.13. The van der Waals surface area contributed by atoms with Crippen LogP contribution >= 0.6 is 23.1 Å². The first kappa shape index (κ1) is 22.6. The highest BCUT2D eigenvalue weighted by molar-refractivity contribution is 8.00. The molecular formula is C27H18FN3O3S2. The van der Waals surface area contributed by atoms with Gasteiger partial charge in [-0.15, -0.1) is 10.2 Å². The van der Waals surface area contributed by atoms with Gasteiger partial charge in [0.1, 0.15) is 11.4 Å². The summed E-state index contributed by atoms with van der Waals surface area (Å²) < 4.78 is 20.5. The Hall–Kier alpha value is -3.82. The fraction of sp³-hybridized carbons (Fsp3) is 0.111. The van der Waals surface area contributed by atoms with E-state index in [2.05, 4.69) is 34.5 Å². The van der Waals surface area contributed by atoms with Crippen LogP contribution in [0.5, 0.6) is 0 Å². The molecule has 36 heavy (non-hydrogen) atoms. The average molecular weight is 516 g/mol. The number of amides is 1. The summed E-state index contributed by atoms with van der Waals surface area (Å²) in [5, 5.41) is 9.04. The summed E-state index contributed by atoms with van der Waals surface area (Å²) in [5.41, 5.74) is 2.97. The second-order valence-corrected chi connectivity index (χ2v) is 10.6. The van der Waals surface area contributed by atoms with Crippen molar-refractivity contribution in [1.29, 1.82) is 0 Å². The number of benzene rings is 3. The molecule has 0 spiro atoms. The molecule has 3 heterocycles. The van der Waals surface area contributed by atoms with E-state index in [1.54, 1.807) is 0 Å². The smallest absolute Gasteiger partial charge is 0.297 e. The first-order chi connectivity index (χ1) is 17.5. The van der Waals surface area contributed by atoms with Crippen LogP contribution in [-0.2, 0) is 5.75 Å². The summed E-state index contributed by atoms with van der Waals surface area (Å²) in [6.45, 7) is 2.04. The number of carbonyl (C=O) groups is 1. The topological polar surface area (TPSA) is 76.3 Å². The Bertz CT molecular complexity index is 1670. The molecule has 0 radical (unpaired) electrons. The van der Waals surface area contributed by atoms with Gasteiger partial charge in [0, 0.05) is 5.75 Å². The zero-order valence-electron chi connectivity index (χ0n) is 19.0. The number of hydrogen-bond donors (Lipinski definition) is 0. The van der Waals surface area contributed by atoms with Crippen molar-refractivity contribution in [2.75, 3.05) is 4.90 Å². The maximum atomic E-state index is 13.9. The number of carbonyl (C=O) groups excluding carboxylic acids is 1. The number of halogens is 1. The number of thioether (sulfide) groups is 1. The SMILES string of the molecule is Cc1ccc(CSc2nnc(N3C(=O)c4oc5ccc(F)cc5c(=O)c4[C@@H]3c3ccccc3)s2)cc1. The lowest BCUT2D eigenvalue weighted by molar-refractivity contribution is 0.0970. The lowest BCUT2D eigenvalue weighted by atomic mass is 9.99. The Morgan fingerprint density at radius 1 is 1.03 bits per heavy atom. The second kappa shape index (κ2) is 9.00. The third-order valence-corrected chi connectivity index (χ3v) is 8.16. The molecule has 3 aromatic carbocycles. The third-order valence-electron chi connectivity index (χ3n) is 6.03. The van der Waals surface area contributed by atoms with E-state index in [1.165, 1.54) is 45.7 Å². The van der Waals surface area contributed by atoms with Crippen molar-refractivity contribution in [1.82, 2.24) is 10.2 Å². The van der Waals surface area contributed by atoms with E-state index in [4.69, 9.17) is 4.42 Å². The standard InChI is InChI=1S/C27H18FN3O3S2/c1-15-7-9-16(10-8-15)14-35-27-30-29-26(36-27)31-22(17-5-3-2-4-6-17)21-23(32)19-13-18(28)11-12-20(19)34-24(21)25(31)33/h2-13,22H,14H2,1H3/t22-/m0/s1. The van der Waals surface area contributed by atoms with E-state index in [-0.39, 0.29) is 22.3 Å². The van der Waals surface area contributed by atoms with Crippen LogP contribution < -0.4 is 10.3 Å². The predicted molar refractivity (Wildman–Crippen MR) is 138 cm³/mol. The quantitative estimate of drug-likeness (QED) is 0.207. The third kappa shape index (κ3) is 3.90. The molecule has 6 rings (SSSR count). The van der Waals surface area contributed by atoms with Crippen LogP contribution in [-0.4, -0.2) is 16.1 Å². The number of aromatic nitrogens is 2. The van der Waals surface area contributed by atoms with E-state index < -0.39 is 23.2 Å². The number of nitrogens with zero attached hydrogens (tertiary/aromatic N) is 3. The number of fused-ring (bicyclic) bond motifs is 2. The van der Waals surface area contributed by atoms with Gasteiger partial charge in [0.2, 0.25) is 10.9 Å². The van der Waals surface area contributed by atoms with Crippen LogP contribution in [0.15, 0.2) is 86.3 Å². The Morgan fingerprint density at radius 3 is 2.58 bits per heavy atom. The number of rotatable bonds is 5. The van der Waals surface area contributed by atoms with Crippen LogP contribution in [0.1, 0.15) is 38.9 Å². The largest absolute Gasteiger partial charge is 0.450 e. The van der Waals surface area contributed by atoms with Gasteiger partial charge in [-0.2, -0.15) is 0 Å². The van der Waals surface area contributed by atoms with Gasteiger partial charge >= 0.3 is 0 Å². The minimum absolute atomic E-state index is 0.0583. The molecule has 0 saturated carbocycles. The minimum atomic E-state index is -0.763. The van der Waals surface area contributed by atoms with Gasteiger partial charge in [-0.3, -0.25) is 14.5 Å². The molecule has 178 valence electrons. The van der Waals surface area contributed by atoms with Gasteiger partial charge in [-0.1, -0.05) is 83.3 Å². The van der Waals surface area contributed by atoms with Crippen molar-refractivity contribution in [3.8, 4) is 0 Å². The van der Waals surface area contributed by atoms with Gasteiger partial charge in [0.25, 0.3) is 5.91 Å². The van der Waals surface area contributed by atoms with Crippen molar-refractivity contribution < 1.29 is 13.6 Å². The van der Waals surface area contributed by atoms with Gasteiger partial charge < -0.3 is 4.42 Å². The van der Waals surface area contributed by atoms with Crippen molar-refractivity contribution >= 4 is 45.1 Å². The van der Waals surface area contributed by atoms with Crippen LogP contribution in [0.2, 0.25) is 0 Å². The van der Waals surface area contributed by atoms with Gasteiger partial charge in [-0.05, 0) is 36.2 Å². The van der Waals surface area contributed by atoms with Crippen LogP contribution in [0, 0.1) is 12.7 Å². The fourth-order valence-corrected chi connectivity index (χ4v) is 6.10. The van der Waals surface area contributed by atoms with Crippen molar-refractivity contribution in [2.45, 2.75) is 23.1 Å². The molecule has 0 saturated heterocycles. The molecular weight excluding hydrogens is 497 g/mol. The number of anilines is 1. The van der Waals surface area contributed by atoms with E-state index in [0.717, 1.165) is 17.2 Å². The van der Waals surface area contributed by atoms with E-state index in [1.807, 2.05) is 37.3 Å². The Kier molecular flexibility index (Phi) is 5.66. The Labute approximate surface area is 213 Å². The van der Waals surface area contributed by atoms with E-state index >= 15 is 0 Å². The maximum absolute atomic E-state index is 13.9. The zero-order valence-corrected chi connectivity index (χ0v) is 20.6. The number of aryl methyl sites for hydroxylation is 1. The van der Waals surface area contributed by atoms with E-state index in [9.17, 15) is 14.0 Å². The van der Waals surface area contributed by atoms with Gasteiger partial charge in [0.15, 0.2) is 9.77 Å². The van der Waals surface area contributed by atoms with Crippen LogP contribution in [0.25, 0.3) is 11.0 Å². The molecule has 6 nitrogen and oxygen atoms in total. The molecule has 1 aliphatic heterocycles. The van der Waals surface area contributed by atoms with Gasteiger partial charge in [-0.25, -0.2) is 4.39 Å². The highest BCUT2D eigenvalue weighted by Crippen LogP contribution is 2.43. The monoisotopic (exact) mass is 515 g/mol. The van der Waals surface area contributed by atoms with Crippen LogP contribution in [0.3, 0.4) is 0 Å². The second-order valence-electron chi connectivity index (χ2n) is 8.43. The molecule has 0 bridgehead atoms. The normalized spacial score (nSPS) is 15.0. The molecule has 1 aliphatic rings.